The van der Waals surface area contributed by atoms with Gasteiger partial charge in [0.2, 0.25) is 0 Å². The van der Waals surface area contributed by atoms with Gasteiger partial charge < -0.3 is 0 Å². The zero-order chi connectivity index (χ0) is 37.1. The molecular formula is C54H32. The summed E-state index contributed by atoms with van der Waals surface area (Å²) < 4.78 is 20.9. The van der Waals surface area contributed by atoms with Gasteiger partial charge in [-0.25, -0.2) is 0 Å². The van der Waals surface area contributed by atoms with Crippen LogP contribution in [0.25, 0.3) is 120 Å². The van der Waals surface area contributed by atoms with E-state index >= 15 is 0 Å². The smallest absolute Gasteiger partial charge is 0.0622 e. The molecular weight excluding hydrogens is 649 g/mol. The van der Waals surface area contributed by atoms with Crippen molar-refractivity contribution in [1.29, 1.82) is 0 Å². The Labute approximate surface area is 315 Å². The van der Waals surface area contributed by atoms with Gasteiger partial charge in [0, 0.05) is 0 Å². The third-order valence-corrected chi connectivity index (χ3v) is 11.7. The van der Waals surface area contributed by atoms with Crippen LogP contribution in [0.3, 0.4) is 0 Å². The first-order valence-electron chi connectivity index (χ1n) is 19.7. The quantitative estimate of drug-likeness (QED) is 0.162. The Hall–Kier alpha value is -7.02. The van der Waals surface area contributed by atoms with Crippen molar-refractivity contribution in [2.75, 3.05) is 0 Å². The van der Waals surface area contributed by atoms with Crippen LogP contribution in [0, 0.1) is 0 Å². The Bertz CT molecular complexity index is 3510. The molecule has 0 aliphatic carbocycles. The number of hydrogen-bond donors (Lipinski definition) is 0. The summed E-state index contributed by atoms with van der Waals surface area (Å²) in [4.78, 5) is 0. The highest BCUT2D eigenvalue weighted by atomic mass is 14.3. The number of fused-ring (bicyclic) bond motifs is 1. The van der Waals surface area contributed by atoms with E-state index in [-0.39, 0.29) is 0 Å². The molecule has 0 saturated heterocycles. The van der Waals surface area contributed by atoms with Gasteiger partial charge in [0.1, 0.15) is 0 Å². The first-order valence-corrected chi connectivity index (χ1v) is 18.7. The molecule has 0 bridgehead atoms. The molecule has 12 rings (SSSR count). The van der Waals surface area contributed by atoms with E-state index in [0.717, 1.165) is 65.9 Å². The summed E-state index contributed by atoms with van der Waals surface area (Å²) in [7, 11) is 0. The van der Waals surface area contributed by atoms with E-state index in [1.165, 1.54) is 48.5 Å². The van der Waals surface area contributed by atoms with Gasteiger partial charge in [-0.1, -0.05) is 182 Å². The Balaban J connectivity index is 1.30. The van der Waals surface area contributed by atoms with Gasteiger partial charge in [0.05, 0.1) is 2.74 Å². The molecule has 12 aromatic rings. The Morgan fingerprint density at radius 3 is 1.37 bits per heavy atom. The third-order valence-electron chi connectivity index (χ3n) is 11.7. The Morgan fingerprint density at radius 2 is 0.704 bits per heavy atom. The molecule has 0 amide bonds. The summed E-state index contributed by atoms with van der Waals surface area (Å²) in [5, 5.41) is 16.4. The molecule has 54 heavy (non-hydrogen) atoms. The van der Waals surface area contributed by atoms with Gasteiger partial charge in [-0.3, -0.25) is 0 Å². The van der Waals surface area contributed by atoms with Gasteiger partial charge >= 0.3 is 0 Å². The predicted molar refractivity (Wildman–Crippen MR) is 233 cm³/mol. The van der Waals surface area contributed by atoms with Crippen molar-refractivity contribution in [1.82, 2.24) is 0 Å². The van der Waals surface area contributed by atoms with Crippen LogP contribution in [-0.2, 0) is 0 Å². The van der Waals surface area contributed by atoms with E-state index in [9.17, 15) is 2.74 Å². The van der Waals surface area contributed by atoms with Crippen LogP contribution in [0.15, 0.2) is 194 Å². The van der Waals surface area contributed by atoms with Gasteiger partial charge in [-0.15, -0.1) is 0 Å². The molecule has 0 saturated carbocycles. The van der Waals surface area contributed by atoms with Crippen LogP contribution >= 0.6 is 0 Å². The highest BCUT2D eigenvalue weighted by Gasteiger charge is 2.22. The molecule has 0 aliphatic heterocycles. The normalized spacial score (nSPS) is 12.6. The second kappa shape index (κ2) is 11.2. The summed E-state index contributed by atoms with van der Waals surface area (Å²) >= 11 is 0. The third kappa shape index (κ3) is 4.20. The molecule has 0 atom stereocenters. The molecule has 0 fully saturated rings. The lowest BCUT2D eigenvalue weighted by atomic mass is 9.80. The minimum Gasteiger partial charge on any atom is -0.0622 e. The summed E-state index contributed by atoms with van der Waals surface area (Å²) in [5.41, 5.74) is 7.12. The van der Waals surface area contributed by atoms with Crippen molar-refractivity contribution >= 4 is 75.4 Å². The van der Waals surface area contributed by atoms with Gasteiger partial charge in [0.15, 0.2) is 0 Å². The average molecular weight is 683 g/mol. The van der Waals surface area contributed by atoms with Crippen LogP contribution < -0.4 is 0 Å². The predicted octanol–water partition coefficient (Wildman–Crippen LogP) is 15.3. The van der Waals surface area contributed by atoms with Crippen LogP contribution in [0.2, 0.25) is 0 Å². The van der Waals surface area contributed by atoms with Crippen LogP contribution in [0.5, 0.6) is 0 Å². The van der Waals surface area contributed by atoms with Crippen molar-refractivity contribution in [3.63, 3.8) is 0 Å². The van der Waals surface area contributed by atoms with E-state index < -0.39 is 0 Å². The zero-order valence-corrected chi connectivity index (χ0v) is 29.3. The van der Waals surface area contributed by atoms with Gasteiger partial charge in [0.25, 0.3) is 0 Å². The van der Waals surface area contributed by atoms with Crippen molar-refractivity contribution in [2.45, 2.75) is 0 Å². The minimum absolute atomic E-state index is 0.362. The van der Waals surface area contributed by atoms with Crippen LogP contribution in [0.4, 0.5) is 0 Å². The van der Waals surface area contributed by atoms with Crippen molar-refractivity contribution in [3.8, 4) is 44.5 Å². The second-order valence-electron chi connectivity index (χ2n) is 14.6. The van der Waals surface area contributed by atoms with Gasteiger partial charge in [-0.2, -0.15) is 0 Å². The molecule has 0 heterocycles. The topological polar surface area (TPSA) is 0 Å². The van der Waals surface area contributed by atoms with Crippen molar-refractivity contribution in [3.05, 3.63) is 194 Å². The Kier molecular flexibility index (Phi) is 5.75. The zero-order valence-electron chi connectivity index (χ0n) is 31.3. The summed E-state index contributed by atoms with van der Waals surface area (Å²) in [5.74, 6) is 0. The SMILES string of the molecule is [2H]c1c(-c2ccc3ccc4cccc5ccc2c3c45)c([2H])c(-c2ccc3ccc4cccc5ccc2c3c45)c(-c2cccc3ccccc23)c1-c1ccccc1. The summed E-state index contributed by atoms with van der Waals surface area (Å²) in [6.07, 6.45) is 0. The van der Waals surface area contributed by atoms with E-state index in [4.69, 9.17) is 0 Å². The molecule has 0 heteroatoms. The molecule has 248 valence electrons. The average Bonchev–Trinajstić information content (AvgIpc) is 3.25. The molecule has 0 nitrogen and oxygen atoms in total. The van der Waals surface area contributed by atoms with E-state index in [1.54, 1.807) is 0 Å². The van der Waals surface area contributed by atoms with Crippen LogP contribution in [-0.4, -0.2) is 0 Å². The lowest BCUT2D eigenvalue weighted by molar-refractivity contribution is 1.58. The van der Waals surface area contributed by atoms with E-state index in [0.29, 0.717) is 17.6 Å². The fourth-order valence-corrected chi connectivity index (χ4v) is 9.31. The summed E-state index contributed by atoms with van der Waals surface area (Å²) in [6, 6.07) is 65.5. The highest BCUT2D eigenvalue weighted by Crippen LogP contribution is 2.49. The maximum Gasteiger partial charge on any atom is 0.0636 e. The minimum atomic E-state index is 0.362. The first-order chi connectivity index (χ1) is 27.6. The number of rotatable bonds is 4. The van der Waals surface area contributed by atoms with E-state index in [1.807, 2.05) is 6.07 Å². The molecule has 12 aromatic carbocycles. The standard InChI is InChI=1S/C54H32/c1-2-9-34(10-3-1)48-31-41(43-27-23-39-21-19-35-13-6-15-37-25-29-46(43)52(39)50(35)37)32-49(54(48)45-18-8-12-33-11-4-5-17-42(33)45)44-28-24-40-22-20-36-14-7-16-38-26-30-47(44)53(40)51(36)38/h1-32H/i31D,32D. The fourth-order valence-electron chi connectivity index (χ4n) is 9.31. The molecule has 0 radical (unpaired) electrons. The maximum absolute atomic E-state index is 10.6. The lowest BCUT2D eigenvalue weighted by Gasteiger charge is -2.23. The fraction of sp³-hybridized carbons (Fsp3) is 0. The number of hydrogen-bond acceptors (Lipinski definition) is 0. The highest BCUT2D eigenvalue weighted by molar-refractivity contribution is 6.28. The lowest BCUT2D eigenvalue weighted by Crippen LogP contribution is -1.96. The molecule has 0 aliphatic rings. The maximum atomic E-state index is 10.6. The largest absolute Gasteiger partial charge is 0.0636 e. The Morgan fingerprint density at radius 1 is 0.241 bits per heavy atom. The molecule has 0 spiro atoms. The number of benzene rings is 12. The molecule has 0 aromatic heterocycles. The second-order valence-corrected chi connectivity index (χ2v) is 14.6. The van der Waals surface area contributed by atoms with E-state index in [2.05, 4.69) is 176 Å². The van der Waals surface area contributed by atoms with Crippen molar-refractivity contribution < 1.29 is 2.74 Å². The summed E-state index contributed by atoms with van der Waals surface area (Å²) in [6.45, 7) is 0. The first kappa shape index (κ1) is 27.6. The van der Waals surface area contributed by atoms with Gasteiger partial charge in [-0.05, 0) is 132 Å². The molecule has 0 N–H and O–H groups in total. The molecule has 0 unspecified atom stereocenters. The van der Waals surface area contributed by atoms with Crippen LogP contribution in [0.1, 0.15) is 2.74 Å². The van der Waals surface area contributed by atoms with Crippen molar-refractivity contribution in [2.24, 2.45) is 0 Å². The monoisotopic (exact) mass is 682 g/mol.